The summed E-state index contributed by atoms with van der Waals surface area (Å²) in [6, 6.07) is 0.373. The Morgan fingerprint density at radius 3 is 2.33 bits per heavy atom. The quantitative estimate of drug-likeness (QED) is 0.837. The molecule has 2 rings (SSSR count). The molecule has 1 heterocycles. The Morgan fingerprint density at radius 1 is 1.14 bits per heavy atom. The van der Waals surface area contributed by atoms with Gasteiger partial charge in [0.05, 0.1) is 6.10 Å². The number of rotatable bonds is 4. The molecule has 1 saturated carbocycles. The van der Waals surface area contributed by atoms with Crippen LogP contribution < -0.4 is 5.32 Å². The molecule has 0 aromatic rings. The monoisotopic (exact) mass is 296 g/mol. The molecule has 1 saturated heterocycles. The molecule has 122 valence electrons. The first kappa shape index (κ1) is 16.6. The number of piperidine rings is 1. The largest absolute Gasteiger partial charge is 0.393 e. The van der Waals surface area contributed by atoms with Crippen molar-refractivity contribution in [2.45, 2.75) is 77.4 Å². The van der Waals surface area contributed by atoms with E-state index in [1.165, 1.54) is 12.8 Å². The van der Waals surface area contributed by atoms with Crippen LogP contribution in [0.25, 0.3) is 0 Å². The normalized spacial score (nSPS) is 27.9. The number of carbonyl (C=O) groups excluding carboxylic acids is 1. The Labute approximate surface area is 129 Å². The Morgan fingerprint density at radius 2 is 1.76 bits per heavy atom. The molecule has 2 N–H and O–H groups in total. The summed E-state index contributed by atoms with van der Waals surface area (Å²) in [6.45, 7) is 6.38. The van der Waals surface area contributed by atoms with Crippen molar-refractivity contribution >= 4 is 6.03 Å². The van der Waals surface area contributed by atoms with Gasteiger partial charge < -0.3 is 15.3 Å². The molecule has 2 fully saturated rings. The molecule has 1 aliphatic carbocycles. The first-order valence-corrected chi connectivity index (χ1v) is 8.78. The molecule has 0 radical (unpaired) electrons. The molecule has 21 heavy (non-hydrogen) atoms. The number of urea groups is 1. The topological polar surface area (TPSA) is 52.6 Å². The molecule has 1 aliphatic heterocycles. The summed E-state index contributed by atoms with van der Waals surface area (Å²) in [6.07, 6.45) is 8.25. The summed E-state index contributed by atoms with van der Waals surface area (Å²) < 4.78 is 0. The van der Waals surface area contributed by atoms with Gasteiger partial charge in [-0.2, -0.15) is 0 Å². The van der Waals surface area contributed by atoms with E-state index in [2.05, 4.69) is 19.2 Å². The molecule has 4 nitrogen and oxygen atoms in total. The third kappa shape index (κ3) is 5.50. The lowest BCUT2D eigenvalue weighted by Crippen LogP contribution is -2.48. The number of aliphatic hydroxyl groups excluding tert-OH is 1. The van der Waals surface area contributed by atoms with Crippen LogP contribution in [0.5, 0.6) is 0 Å². The fraction of sp³-hybridized carbons (Fsp3) is 0.941. The molecule has 2 aliphatic rings. The molecule has 0 spiro atoms. The SMILES string of the molecule is CC(C)CCC1CCN(C(=O)NC2CCC(O)CC2)CC1. The van der Waals surface area contributed by atoms with Gasteiger partial charge in [0.2, 0.25) is 0 Å². The first-order valence-electron chi connectivity index (χ1n) is 8.78. The van der Waals surface area contributed by atoms with Crippen molar-refractivity contribution in [1.29, 1.82) is 0 Å². The van der Waals surface area contributed by atoms with Gasteiger partial charge in [-0.15, -0.1) is 0 Å². The number of carbonyl (C=O) groups is 1. The van der Waals surface area contributed by atoms with Crippen molar-refractivity contribution in [2.24, 2.45) is 11.8 Å². The standard InChI is InChI=1S/C17H32N2O2/c1-13(2)3-4-14-9-11-19(12-10-14)17(21)18-15-5-7-16(20)8-6-15/h13-16,20H,3-12H2,1-2H3,(H,18,21). The summed E-state index contributed by atoms with van der Waals surface area (Å²) >= 11 is 0. The van der Waals surface area contributed by atoms with E-state index in [4.69, 9.17) is 0 Å². The fourth-order valence-corrected chi connectivity index (χ4v) is 3.48. The summed E-state index contributed by atoms with van der Waals surface area (Å²) in [5.41, 5.74) is 0. The zero-order valence-electron chi connectivity index (χ0n) is 13.7. The molecule has 0 atom stereocenters. The van der Waals surface area contributed by atoms with Crippen LogP contribution >= 0.6 is 0 Å². The summed E-state index contributed by atoms with van der Waals surface area (Å²) in [4.78, 5) is 14.3. The molecule has 2 amide bonds. The summed E-state index contributed by atoms with van der Waals surface area (Å²) in [7, 11) is 0. The van der Waals surface area contributed by atoms with Crippen LogP contribution in [0.4, 0.5) is 4.79 Å². The minimum Gasteiger partial charge on any atom is -0.393 e. The van der Waals surface area contributed by atoms with E-state index in [0.717, 1.165) is 63.5 Å². The van der Waals surface area contributed by atoms with Crippen molar-refractivity contribution in [3.63, 3.8) is 0 Å². The number of hydrogen-bond acceptors (Lipinski definition) is 2. The first-order chi connectivity index (χ1) is 10.0. The van der Waals surface area contributed by atoms with Crippen molar-refractivity contribution in [3.05, 3.63) is 0 Å². The lowest BCUT2D eigenvalue weighted by Gasteiger charge is -2.34. The lowest BCUT2D eigenvalue weighted by molar-refractivity contribution is 0.113. The van der Waals surface area contributed by atoms with Gasteiger partial charge in [0.1, 0.15) is 0 Å². The lowest BCUT2D eigenvalue weighted by atomic mass is 9.89. The third-order valence-corrected chi connectivity index (χ3v) is 5.08. The van der Waals surface area contributed by atoms with Crippen molar-refractivity contribution in [2.75, 3.05) is 13.1 Å². The van der Waals surface area contributed by atoms with Gasteiger partial charge in [0.25, 0.3) is 0 Å². The van der Waals surface area contributed by atoms with E-state index in [9.17, 15) is 9.90 Å². The molecule has 0 aromatic heterocycles. The second-order valence-corrected chi connectivity index (χ2v) is 7.36. The molecule has 0 bridgehead atoms. The van der Waals surface area contributed by atoms with Gasteiger partial charge >= 0.3 is 6.03 Å². The maximum atomic E-state index is 12.3. The molecule has 4 heteroatoms. The van der Waals surface area contributed by atoms with Crippen LogP contribution in [-0.2, 0) is 0 Å². The Bertz CT molecular complexity index is 317. The zero-order valence-corrected chi connectivity index (χ0v) is 13.7. The highest BCUT2D eigenvalue weighted by Crippen LogP contribution is 2.24. The zero-order chi connectivity index (χ0) is 15.2. The average molecular weight is 296 g/mol. The Balaban J connectivity index is 1.66. The maximum Gasteiger partial charge on any atom is 0.317 e. The predicted octanol–water partition coefficient (Wildman–Crippen LogP) is 3.15. The third-order valence-electron chi connectivity index (χ3n) is 5.08. The van der Waals surface area contributed by atoms with Crippen LogP contribution in [0.1, 0.15) is 65.2 Å². The van der Waals surface area contributed by atoms with Crippen LogP contribution in [0.15, 0.2) is 0 Å². The number of amides is 2. The highest BCUT2D eigenvalue weighted by molar-refractivity contribution is 5.74. The van der Waals surface area contributed by atoms with E-state index >= 15 is 0 Å². The minimum atomic E-state index is -0.158. The van der Waals surface area contributed by atoms with E-state index in [1.54, 1.807) is 0 Å². The summed E-state index contributed by atoms with van der Waals surface area (Å²) in [5, 5.41) is 12.7. The predicted molar refractivity (Wildman–Crippen MR) is 85.2 cm³/mol. The van der Waals surface area contributed by atoms with Crippen molar-refractivity contribution in [3.8, 4) is 0 Å². The Kier molecular flexibility index (Phi) is 6.34. The van der Waals surface area contributed by atoms with Crippen LogP contribution in [0.3, 0.4) is 0 Å². The Hall–Kier alpha value is -0.770. The van der Waals surface area contributed by atoms with Crippen LogP contribution in [-0.4, -0.2) is 41.3 Å². The smallest absolute Gasteiger partial charge is 0.317 e. The van der Waals surface area contributed by atoms with Crippen LogP contribution in [0, 0.1) is 11.8 Å². The van der Waals surface area contributed by atoms with Gasteiger partial charge in [-0.1, -0.05) is 26.7 Å². The average Bonchev–Trinajstić information content (AvgIpc) is 2.48. The van der Waals surface area contributed by atoms with Gasteiger partial charge in [-0.3, -0.25) is 0 Å². The van der Waals surface area contributed by atoms with Gasteiger partial charge in [-0.25, -0.2) is 4.79 Å². The van der Waals surface area contributed by atoms with E-state index in [1.807, 2.05) is 4.90 Å². The fourth-order valence-electron chi connectivity index (χ4n) is 3.48. The highest BCUT2D eigenvalue weighted by Gasteiger charge is 2.26. The number of nitrogens with one attached hydrogen (secondary N) is 1. The van der Waals surface area contributed by atoms with Gasteiger partial charge in [0.15, 0.2) is 0 Å². The van der Waals surface area contributed by atoms with Crippen molar-refractivity contribution < 1.29 is 9.90 Å². The second kappa shape index (κ2) is 8.02. The van der Waals surface area contributed by atoms with Gasteiger partial charge in [0, 0.05) is 19.1 Å². The molecule has 0 unspecified atom stereocenters. The maximum absolute atomic E-state index is 12.3. The summed E-state index contributed by atoms with van der Waals surface area (Å²) in [5.74, 6) is 1.59. The molecular weight excluding hydrogens is 264 g/mol. The second-order valence-electron chi connectivity index (χ2n) is 7.36. The number of nitrogens with zero attached hydrogens (tertiary/aromatic N) is 1. The molecule has 0 aromatic carbocycles. The van der Waals surface area contributed by atoms with Crippen LogP contribution in [0.2, 0.25) is 0 Å². The van der Waals surface area contributed by atoms with E-state index in [0.29, 0.717) is 0 Å². The number of hydrogen-bond donors (Lipinski definition) is 2. The van der Waals surface area contributed by atoms with Gasteiger partial charge in [-0.05, 0) is 50.4 Å². The van der Waals surface area contributed by atoms with Crippen molar-refractivity contribution in [1.82, 2.24) is 10.2 Å². The highest BCUT2D eigenvalue weighted by atomic mass is 16.3. The minimum absolute atomic E-state index is 0.110. The molecular formula is C17H32N2O2. The number of aliphatic hydroxyl groups is 1. The van der Waals surface area contributed by atoms with E-state index in [-0.39, 0.29) is 18.2 Å². The van der Waals surface area contributed by atoms with E-state index < -0.39 is 0 Å². The number of likely N-dealkylation sites (tertiary alicyclic amines) is 1.